The van der Waals surface area contributed by atoms with Crippen LogP contribution in [0, 0.1) is 23.3 Å². The van der Waals surface area contributed by atoms with Crippen LogP contribution in [0.15, 0.2) is 93.7 Å². The van der Waals surface area contributed by atoms with Gasteiger partial charge >= 0.3 is 11.9 Å². The number of nitrogens with one attached hydrogen (secondary N) is 2. The molecule has 0 aromatic heterocycles. The number of hydrogen-bond donors (Lipinski definition) is 2. The first kappa shape index (κ1) is 49.4. The fourth-order valence-corrected chi connectivity index (χ4v) is 8.36. The largest absolute Gasteiger partial charge is 0.463 e. The van der Waals surface area contributed by atoms with Crippen LogP contribution in [0.5, 0.6) is 23.0 Å². The summed E-state index contributed by atoms with van der Waals surface area (Å²) in [5, 5.41) is 0. The second kappa shape index (κ2) is 22.3. The lowest BCUT2D eigenvalue weighted by Crippen LogP contribution is -2.49. The maximum atomic E-state index is 14.8. The molecule has 4 aromatic rings. The summed E-state index contributed by atoms with van der Waals surface area (Å²) < 4.78 is 137. The molecule has 0 saturated carbocycles. The zero-order valence-corrected chi connectivity index (χ0v) is 37.1. The van der Waals surface area contributed by atoms with Crippen LogP contribution in [-0.4, -0.2) is 104 Å². The van der Waals surface area contributed by atoms with Crippen molar-refractivity contribution in [2.45, 2.75) is 37.5 Å². The third-order valence-electron chi connectivity index (χ3n) is 9.62. The maximum Gasteiger partial charge on any atom is 0.333 e. The molecule has 2 N–H and O–H groups in total. The molecular formula is C44H48F4N4O10S2. The van der Waals surface area contributed by atoms with Gasteiger partial charge in [-0.2, -0.15) is 0 Å². The molecule has 0 amide bonds. The topological polar surface area (TPSA) is 170 Å². The Hall–Kier alpha value is -5.64. The minimum Gasteiger partial charge on any atom is -0.463 e. The minimum atomic E-state index is -3.94. The molecule has 1 saturated heterocycles. The molecule has 0 spiro atoms. The van der Waals surface area contributed by atoms with Crippen LogP contribution in [-0.2, 0) is 39.1 Å². The highest BCUT2D eigenvalue weighted by Gasteiger charge is 2.22. The average molecular weight is 933 g/mol. The smallest absolute Gasteiger partial charge is 0.333 e. The highest BCUT2D eigenvalue weighted by Crippen LogP contribution is 2.32. The second-order valence-corrected chi connectivity index (χ2v) is 17.9. The lowest BCUT2D eigenvalue weighted by molar-refractivity contribution is -0.139. The number of hydrogen-bond acceptors (Lipinski definition) is 12. The van der Waals surface area contributed by atoms with E-state index < -0.39 is 66.8 Å². The Kier molecular flexibility index (Phi) is 17.2. The Morgan fingerprint density at radius 3 is 1.19 bits per heavy atom. The van der Waals surface area contributed by atoms with Gasteiger partial charge in [0.2, 0.25) is 20.0 Å². The number of carbonyl (C=O) groups excluding carboxylic acids is 2. The highest BCUT2D eigenvalue weighted by molar-refractivity contribution is 7.89. The van der Waals surface area contributed by atoms with Crippen LogP contribution in [0.3, 0.4) is 0 Å². The third kappa shape index (κ3) is 13.7. The Bertz CT molecular complexity index is 2360. The predicted molar refractivity (Wildman–Crippen MR) is 230 cm³/mol. The van der Waals surface area contributed by atoms with Crippen molar-refractivity contribution < 1.29 is 62.9 Å². The number of ether oxygens (including phenoxy) is 4. The summed E-state index contributed by atoms with van der Waals surface area (Å²) in [5.41, 5.74) is 0.469. The molecule has 64 heavy (non-hydrogen) atoms. The standard InChI is InChI=1S/C44H48F4N4O10S2/c1-5-59-43(53)29(3)23-31-25-37(45)41(38(46)26-31)61-33-7-11-35(12-8-33)63(55,56)49-15-17-51-19-21-52(22-20-51)18-16-50-64(57,58)36-13-9-34(10-14-36)62-42-39(47)27-32(28-40(42)48)24-30(4)44(54)60-6-2/h7-14,23-28,49-50H,5-6,15-22H2,1-4H3. The molecule has 0 atom stereocenters. The van der Waals surface area contributed by atoms with Gasteiger partial charge in [-0.05, 0) is 124 Å². The normalized spacial score (nSPS) is 14.3. The SMILES string of the molecule is CCOC(=O)C(C)=Cc1cc(F)c(Oc2ccc(S(=O)(=O)NCCN3CCN(CCNS(=O)(=O)c4ccc(Oc5c(F)cc(C=C(C)C(=O)OCC)cc5F)cc4)CC3)cc2)c(F)c1. The number of piperazine rings is 1. The summed E-state index contributed by atoms with van der Waals surface area (Å²) in [5.74, 6) is -6.77. The number of esters is 2. The first-order chi connectivity index (χ1) is 30.4. The third-order valence-corrected chi connectivity index (χ3v) is 12.6. The second-order valence-electron chi connectivity index (χ2n) is 14.3. The van der Waals surface area contributed by atoms with Crippen molar-refractivity contribution in [3.63, 3.8) is 0 Å². The highest BCUT2D eigenvalue weighted by atomic mass is 32.2. The molecule has 1 aliphatic rings. The Morgan fingerprint density at radius 2 is 0.891 bits per heavy atom. The van der Waals surface area contributed by atoms with Crippen LogP contribution < -0.4 is 18.9 Å². The van der Waals surface area contributed by atoms with E-state index in [4.69, 9.17) is 18.9 Å². The molecule has 20 heteroatoms. The van der Waals surface area contributed by atoms with Crippen LogP contribution in [0.25, 0.3) is 12.2 Å². The molecule has 0 aliphatic carbocycles. The number of halogens is 4. The van der Waals surface area contributed by atoms with Crippen molar-refractivity contribution in [1.29, 1.82) is 0 Å². The van der Waals surface area contributed by atoms with E-state index in [0.29, 0.717) is 39.3 Å². The quantitative estimate of drug-likeness (QED) is 0.0552. The zero-order chi connectivity index (χ0) is 46.6. The molecule has 0 bridgehead atoms. The number of nitrogens with zero attached hydrogens (tertiary/aromatic N) is 2. The van der Waals surface area contributed by atoms with Gasteiger partial charge in [0, 0.05) is 63.5 Å². The van der Waals surface area contributed by atoms with E-state index >= 15 is 0 Å². The van der Waals surface area contributed by atoms with Crippen molar-refractivity contribution in [2.24, 2.45) is 0 Å². The molecule has 344 valence electrons. The van der Waals surface area contributed by atoms with Gasteiger partial charge < -0.3 is 18.9 Å². The molecule has 4 aromatic carbocycles. The summed E-state index contributed by atoms with van der Waals surface area (Å²) in [7, 11) is -7.87. The molecule has 0 radical (unpaired) electrons. The average Bonchev–Trinajstić information content (AvgIpc) is 3.24. The summed E-state index contributed by atoms with van der Waals surface area (Å²) in [6.07, 6.45) is 2.56. The van der Waals surface area contributed by atoms with Crippen molar-refractivity contribution in [2.75, 3.05) is 65.6 Å². The van der Waals surface area contributed by atoms with Crippen LogP contribution in [0.1, 0.15) is 38.8 Å². The van der Waals surface area contributed by atoms with Crippen LogP contribution in [0.4, 0.5) is 17.6 Å². The molecule has 1 fully saturated rings. The maximum absolute atomic E-state index is 14.8. The van der Waals surface area contributed by atoms with E-state index in [1.807, 2.05) is 0 Å². The number of carbonyl (C=O) groups is 2. The Balaban J connectivity index is 1.03. The molecule has 14 nitrogen and oxygen atoms in total. The molecule has 1 heterocycles. The minimum absolute atomic E-state index is 0.00970. The summed E-state index contributed by atoms with van der Waals surface area (Å²) in [4.78, 5) is 27.6. The fraction of sp³-hybridized carbons (Fsp3) is 0.318. The summed E-state index contributed by atoms with van der Waals surface area (Å²) in [6, 6.07) is 14.0. The summed E-state index contributed by atoms with van der Waals surface area (Å²) in [6.45, 7) is 9.89. The van der Waals surface area contributed by atoms with Crippen LogP contribution in [0.2, 0.25) is 0 Å². The van der Waals surface area contributed by atoms with Crippen molar-refractivity contribution in [1.82, 2.24) is 19.2 Å². The van der Waals surface area contributed by atoms with Gasteiger partial charge in [-0.25, -0.2) is 53.4 Å². The number of sulfonamides is 2. The predicted octanol–water partition coefficient (Wildman–Crippen LogP) is 6.63. The lowest BCUT2D eigenvalue weighted by Gasteiger charge is -2.34. The Morgan fingerprint density at radius 1 is 0.578 bits per heavy atom. The monoisotopic (exact) mass is 932 g/mol. The number of rotatable bonds is 20. The molecule has 5 rings (SSSR count). The van der Waals surface area contributed by atoms with Gasteiger partial charge in [0.25, 0.3) is 0 Å². The van der Waals surface area contributed by atoms with Crippen LogP contribution >= 0.6 is 0 Å². The zero-order valence-electron chi connectivity index (χ0n) is 35.5. The Labute approximate surface area is 369 Å². The molecule has 0 unspecified atom stereocenters. The molecular weight excluding hydrogens is 885 g/mol. The van der Waals surface area contributed by atoms with Gasteiger partial charge in [-0.3, -0.25) is 9.80 Å². The van der Waals surface area contributed by atoms with Gasteiger partial charge in [-0.15, -0.1) is 0 Å². The van der Waals surface area contributed by atoms with E-state index in [1.165, 1.54) is 74.5 Å². The van der Waals surface area contributed by atoms with Gasteiger partial charge in [-0.1, -0.05) is 0 Å². The van der Waals surface area contributed by atoms with E-state index in [0.717, 1.165) is 24.3 Å². The van der Waals surface area contributed by atoms with E-state index in [9.17, 15) is 44.0 Å². The van der Waals surface area contributed by atoms with Crippen molar-refractivity contribution in [3.8, 4) is 23.0 Å². The molecule has 1 aliphatic heterocycles. The van der Waals surface area contributed by atoms with Crippen molar-refractivity contribution >= 4 is 44.1 Å². The van der Waals surface area contributed by atoms with E-state index in [2.05, 4.69) is 19.2 Å². The van der Waals surface area contributed by atoms with Gasteiger partial charge in [0.1, 0.15) is 11.5 Å². The van der Waals surface area contributed by atoms with Crippen molar-refractivity contribution in [3.05, 3.63) is 118 Å². The first-order valence-corrected chi connectivity index (χ1v) is 23.0. The van der Waals surface area contributed by atoms with Gasteiger partial charge in [0.05, 0.1) is 23.0 Å². The number of benzene rings is 4. The fourth-order valence-electron chi connectivity index (χ4n) is 6.32. The van der Waals surface area contributed by atoms with E-state index in [1.54, 1.807) is 13.8 Å². The van der Waals surface area contributed by atoms with Gasteiger partial charge in [0.15, 0.2) is 34.8 Å². The lowest BCUT2D eigenvalue weighted by atomic mass is 10.1. The first-order valence-electron chi connectivity index (χ1n) is 20.1. The van der Waals surface area contributed by atoms with E-state index in [-0.39, 0.29) is 69.9 Å². The summed E-state index contributed by atoms with van der Waals surface area (Å²) >= 11 is 0.